The number of anilines is 2. The van der Waals surface area contributed by atoms with Crippen molar-refractivity contribution in [2.75, 3.05) is 23.7 Å². The molecule has 8 heteroatoms. The van der Waals surface area contributed by atoms with Crippen LogP contribution in [0.1, 0.15) is 22.3 Å². The molecule has 2 amide bonds. The molecule has 1 aromatic heterocycles. The Bertz CT molecular complexity index is 1070. The molecule has 3 aromatic rings. The average Bonchev–Trinajstić information content (AvgIpc) is 3.41. The number of likely N-dealkylation sites (tertiary alicyclic amines) is 1. The molecule has 4 rings (SSSR count). The number of rotatable bonds is 6. The Balaban J connectivity index is 1.50. The van der Waals surface area contributed by atoms with Crippen LogP contribution in [0.4, 0.5) is 16.2 Å². The second-order valence-corrected chi connectivity index (χ2v) is 8.44. The van der Waals surface area contributed by atoms with Crippen molar-refractivity contribution < 1.29 is 19.8 Å². The minimum absolute atomic E-state index is 0.261. The van der Waals surface area contributed by atoms with Crippen molar-refractivity contribution in [2.24, 2.45) is 0 Å². The Morgan fingerprint density at radius 1 is 1.06 bits per heavy atom. The van der Waals surface area contributed by atoms with E-state index in [1.807, 2.05) is 35.7 Å². The highest BCUT2D eigenvalue weighted by atomic mass is 32.1. The van der Waals surface area contributed by atoms with Gasteiger partial charge in [-0.2, -0.15) is 0 Å². The Morgan fingerprint density at radius 2 is 1.87 bits per heavy atom. The quantitative estimate of drug-likeness (QED) is 0.460. The maximum atomic E-state index is 12.8. The van der Waals surface area contributed by atoms with Crippen molar-refractivity contribution in [3.05, 3.63) is 71.1 Å². The summed E-state index contributed by atoms with van der Waals surface area (Å²) in [5, 5.41) is 25.9. The van der Waals surface area contributed by atoms with E-state index in [1.165, 1.54) is 0 Å². The average molecular weight is 438 g/mol. The Kier molecular flexibility index (Phi) is 6.31. The molecule has 1 fully saturated rings. The number of benzene rings is 2. The zero-order valence-electron chi connectivity index (χ0n) is 16.7. The van der Waals surface area contributed by atoms with Gasteiger partial charge in [-0.25, -0.2) is 4.79 Å². The molecule has 1 unspecified atom stereocenters. The van der Waals surface area contributed by atoms with E-state index >= 15 is 0 Å². The fraction of sp³-hybridized carbons (Fsp3) is 0.217. The number of thiophene rings is 1. The van der Waals surface area contributed by atoms with Crippen LogP contribution in [-0.2, 0) is 6.54 Å². The predicted molar refractivity (Wildman–Crippen MR) is 122 cm³/mol. The summed E-state index contributed by atoms with van der Waals surface area (Å²) in [5.74, 6) is -0.320. The standard InChI is InChI=1S/C23H23N3O4S/c27-18-9-10-26(14-18)13-15-3-5-16(6-4-15)22(28)24-20-12-17(21-2-1-11-31-21)7-8-19(20)25-23(29)30/h1-8,11-12,18,25,27H,9-10,13-14H2,(H,24,28)(H,29,30). The molecule has 0 bridgehead atoms. The number of amides is 2. The number of β-amino-alcohol motifs (C(OH)–C–C–N with tert-alkyl or cyclic N) is 1. The number of nitrogens with zero attached hydrogens (tertiary/aromatic N) is 1. The molecule has 1 aliphatic rings. The van der Waals surface area contributed by atoms with Crippen LogP contribution in [0.2, 0.25) is 0 Å². The van der Waals surface area contributed by atoms with Gasteiger partial charge in [-0.15, -0.1) is 11.3 Å². The number of hydrogen-bond acceptors (Lipinski definition) is 5. The van der Waals surface area contributed by atoms with E-state index in [2.05, 4.69) is 15.5 Å². The molecule has 0 spiro atoms. The fourth-order valence-corrected chi connectivity index (χ4v) is 4.36. The molecular weight excluding hydrogens is 414 g/mol. The summed E-state index contributed by atoms with van der Waals surface area (Å²) in [5.41, 5.74) is 3.15. The summed E-state index contributed by atoms with van der Waals surface area (Å²) in [6, 6.07) is 16.4. The van der Waals surface area contributed by atoms with Crippen molar-refractivity contribution in [3.8, 4) is 10.4 Å². The number of carbonyl (C=O) groups is 2. The first kappa shape index (κ1) is 21.0. The lowest BCUT2D eigenvalue weighted by Gasteiger charge is -2.15. The number of aliphatic hydroxyl groups is 1. The van der Waals surface area contributed by atoms with E-state index in [-0.39, 0.29) is 12.0 Å². The first-order chi connectivity index (χ1) is 15.0. The van der Waals surface area contributed by atoms with Gasteiger partial charge in [0.15, 0.2) is 0 Å². The van der Waals surface area contributed by atoms with Crippen LogP contribution < -0.4 is 10.6 Å². The van der Waals surface area contributed by atoms with Gasteiger partial charge >= 0.3 is 6.09 Å². The molecule has 2 heterocycles. The van der Waals surface area contributed by atoms with Gasteiger partial charge in [0.2, 0.25) is 0 Å². The number of carbonyl (C=O) groups excluding carboxylic acids is 1. The van der Waals surface area contributed by atoms with E-state index in [0.29, 0.717) is 23.5 Å². The third-order valence-corrected chi connectivity index (χ3v) is 6.10. The van der Waals surface area contributed by atoms with Crippen LogP contribution >= 0.6 is 11.3 Å². The van der Waals surface area contributed by atoms with Gasteiger partial charge in [-0.05, 0) is 53.3 Å². The molecule has 7 nitrogen and oxygen atoms in total. The summed E-state index contributed by atoms with van der Waals surface area (Å²) in [4.78, 5) is 27.2. The monoisotopic (exact) mass is 437 g/mol. The van der Waals surface area contributed by atoms with Crippen molar-refractivity contribution >= 4 is 34.7 Å². The molecule has 0 radical (unpaired) electrons. The summed E-state index contributed by atoms with van der Waals surface area (Å²) < 4.78 is 0. The summed E-state index contributed by atoms with van der Waals surface area (Å²) in [7, 11) is 0. The zero-order chi connectivity index (χ0) is 21.8. The van der Waals surface area contributed by atoms with Crippen molar-refractivity contribution in [3.63, 3.8) is 0 Å². The Hall–Kier alpha value is -3.20. The van der Waals surface area contributed by atoms with Crippen molar-refractivity contribution in [2.45, 2.75) is 19.1 Å². The maximum Gasteiger partial charge on any atom is 0.409 e. The van der Waals surface area contributed by atoms with Gasteiger partial charge in [-0.1, -0.05) is 24.3 Å². The lowest BCUT2D eigenvalue weighted by atomic mass is 10.1. The first-order valence-electron chi connectivity index (χ1n) is 9.96. The third-order valence-electron chi connectivity index (χ3n) is 5.18. The second-order valence-electron chi connectivity index (χ2n) is 7.50. The van der Waals surface area contributed by atoms with Gasteiger partial charge in [-0.3, -0.25) is 15.0 Å². The van der Waals surface area contributed by atoms with Gasteiger partial charge < -0.3 is 15.5 Å². The smallest absolute Gasteiger partial charge is 0.409 e. The Morgan fingerprint density at radius 3 is 2.52 bits per heavy atom. The summed E-state index contributed by atoms with van der Waals surface area (Å²) in [6.45, 7) is 2.26. The molecule has 1 aliphatic heterocycles. The second kappa shape index (κ2) is 9.30. The highest BCUT2D eigenvalue weighted by Crippen LogP contribution is 2.32. The van der Waals surface area contributed by atoms with Crippen molar-refractivity contribution in [1.82, 2.24) is 4.90 Å². The maximum absolute atomic E-state index is 12.8. The van der Waals surface area contributed by atoms with E-state index in [9.17, 15) is 14.7 Å². The molecule has 0 aliphatic carbocycles. The Labute approximate surface area is 184 Å². The molecule has 1 saturated heterocycles. The van der Waals surface area contributed by atoms with Crippen LogP contribution in [0.15, 0.2) is 60.0 Å². The van der Waals surface area contributed by atoms with E-state index in [4.69, 9.17) is 5.11 Å². The van der Waals surface area contributed by atoms with Gasteiger partial charge in [0.25, 0.3) is 5.91 Å². The molecule has 160 valence electrons. The SMILES string of the molecule is O=C(O)Nc1ccc(-c2cccs2)cc1NC(=O)c1ccc(CN2CCC(O)C2)cc1. The minimum atomic E-state index is -1.20. The normalized spacial score (nSPS) is 16.2. The highest BCUT2D eigenvalue weighted by molar-refractivity contribution is 7.13. The van der Waals surface area contributed by atoms with E-state index < -0.39 is 6.09 Å². The molecular formula is C23H23N3O4S. The molecule has 31 heavy (non-hydrogen) atoms. The molecule has 0 saturated carbocycles. The number of carboxylic acid groups (broad SMARTS) is 1. The summed E-state index contributed by atoms with van der Waals surface area (Å²) in [6.07, 6.45) is -0.670. The first-order valence-corrected chi connectivity index (χ1v) is 10.8. The van der Waals surface area contributed by atoms with Crippen LogP contribution in [0, 0.1) is 0 Å². The topological polar surface area (TPSA) is 102 Å². The lowest BCUT2D eigenvalue weighted by molar-refractivity contribution is 0.102. The van der Waals surface area contributed by atoms with E-state index in [0.717, 1.165) is 35.5 Å². The van der Waals surface area contributed by atoms with Gasteiger partial charge in [0.1, 0.15) is 0 Å². The van der Waals surface area contributed by atoms with Gasteiger partial charge in [0.05, 0.1) is 17.5 Å². The predicted octanol–water partition coefficient (Wildman–Crippen LogP) is 4.32. The van der Waals surface area contributed by atoms with E-state index in [1.54, 1.807) is 35.6 Å². The number of aliphatic hydroxyl groups excluding tert-OH is 1. The van der Waals surface area contributed by atoms with Crippen LogP contribution in [-0.4, -0.2) is 46.3 Å². The zero-order valence-corrected chi connectivity index (χ0v) is 17.6. The van der Waals surface area contributed by atoms with Crippen LogP contribution in [0.25, 0.3) is 10.4 Å². The molecule has 1 atom stereocenters. The number of hydrogen-bond donors (Lipinski definition) is 4. The molecule has 4 N–H and O–H groups in total. The lowest BCUT2D eigenvalue weighted by Crippen LogP contribution is -2.21. The fourth-order valence-electron chi connectivity index (χ4n) is 3.64. The highest BCUT2D eigenvalue weighted by Gasteiger charge is 2.20. The largest absolute Gasteiger partial charge is 0.465 e. The third kappa shape index (κ3) is 5.29. The van der Waals surface area contributed by atoms with Crippen molar-refractivity contribution in [1.29, 1.82) is 0 Å². The van der Waals surface area contributed by atoms with Gasteiger partial charge in [0, 0.05) is 30.1 Å². The van der Waals surface area contributed by atoms with Crippen LogP contribution in [0.5, 0.6) is 0 Å². The van der Waals surface area contributed by atoms with Crippen LogP contribution in [0.3, 0.4) is 0 Å². The summed E-state index contributed by atoms with van der Waals surface area (Å²) >= 11 is 1.57. The molecule has 2 aromatic carbocycles. The minimum Gasteiger partial charge on any atom is -0.465 e. The number of nitrogens with one attached hydrogen (secondary N) is 2.